The molecule has 0 fully saturated rings. The van der Waals surface area contributed by atoms with Crippen molar-refractivity contribution in [3.63, 3.8) is 0 Å². The highest BCUT2D eigenvalue weighted by Gasteiger charge is 2.15. The number of amides is 1. The monoisotopic (exact) mass is 434 g/mol. The molecule has 10 heteroatoms. The number of rotatable bonds is 9. The van der Waals surface area contributed by atoms with E-state index < -0.39 is 23.4 Å². The number of allylic oxidation sites excluding steroid dienone is 1. The van der Waals surface area contributed by atoms with Gasteiger partial charge in [-0.3, -0.25) is 9.36 Å². The number of thioether (sulfide) groups is 1. The van der Waals surface area contributed by atoms with Crippen LogP contribution in [0.4, 0.5) is 18.9 Å². The first-order valence-corrected chi connectivity index (χ1v) is 9.74. The van der Waals surface area contributed by atoms with E-state index in [0.717, 1.165) is 30.0 Å². The van der Waals surface area contributed by atoms with Gasteiger partial charge >= 0.3 is 0 Å². The molecular formula is C20H17F3N4O2S. The van der Waals surface area contributed by atoms with Crippen molar-refractivity contribution in [3.8, 4) is 5.75 Å². The molecular weight excluding hydrogens is 417 g/mol. The number of benzene rings is 2. The number of carbonyl (C=O) groups excluding carboxylic acids is 1. The second-order valence-electron chi connectivity index (χ2n) is 5.98. The van der Waals surface area contributed by atoms with Gasteiger partial charge in [-0.05, 0) is 24.3 Å². The fourth-order valence-electron chi connectivity index (χ4n) is 2.46. The Morgan fingerprint density at radius 3 is 2.73 bits per heavy atom. The minimum atomic E-state index is -0.739. The summed E-state index contributed by atoms with van der Waals surface area (Å²) in [6, 6.07) is 8.77. The number of hydrogen-bond donors (Lipinski definition) is 1. The molecule has 3 rings (SSSR count). The summed E-state index contributed by atoms with van der Waals surface area (Å²) in [5.74, 6) is -2.06. The third kappa shape index (κ3) is 5.41. The van der Waals surface area contributed by atoms with Gasteiger partial charge in [-0.2, -0.15) is 0 Å². The second kappa shape index (κ2) is 9.97. The molecule has 0 bridgehead atoms. The molecule has 1 amide bonds. The molecule has 0 aliphatic heterocycles. The molecule has 30 heavy (non-hydrogen) atoms. The van der Waals surface area contributed by atoms with Gasteiger partial charge in [0.25, 0.3) is 0 Å². The fourth-order valence-corrected chi connectivity index (χ4v) is 3.23. The lowest BCUT2D eigenvalue weighted by atomic mass is 10.3. The number of carbonyl (C=O) groups is 1. The molecule has 0 unspecified atom stereocenters. The van der Waals surface area contributed by atoms with Crippen LogP contribution in [0.1, 0.15) is 5.82 Å². The third-order valence-electron chi connectivity index (χ3n) is 3.83. The van der Waals surface area contributed by atoms with E-state index in [-0.39, 0.29) is 23.8 Å². The largest absolute Gasteiger partial charge is 0.483 e. The summed E-state index contributed by atoms with van der Waals surface area (Å²) in [4.78, 5) is 12.1. The van der Waals surface area contributed by atoms with Crippen molar-refractivity contribution >= 4 is 23.4 Å². The lowest BCUT2D eigenvalue weighted by molar-refractivity contribution is -0.113. The van der Waals surface area contributed by atoms with E-state index in [1.165, 1.54) is 12.1 Å². The fraction of sp³-hybridized carbons (Fsp3) is 0.150. The summed E-state index contributed by atoms with van der Waals surface area (Å²) in [6.07, 6.45) is 1.61. The minimum absolute atomic E-state index is 0.0387. The zero-order valence-corrected chi connectivity index (χ0v) is 16.5. The van der Waals surface area contributed by atoms with Crippen molar-refractivity contribution in [1.29, 1.82) is 0 Å². The number of anilines is 1. The average molecular weight is 434 g/mol. The molecule has 0 aliphatic carbocycles. The Hall–Kier alpha value is -3.27. The number of nitrogens with one attached hydrogen (secondary N) is 1. The number of halogens is 3. The molecule has 0 spiro atoms. The maximum Gasteiger partial charge on any atom is 0.234 e. The number of para-hydroxylation sites is 1. The van der Waals surface area contributed by atoms with E-state index in [4.69, 9.17) is 4.74 Å². The van der Waals surface area contributed by atoms with E-state index >= 15 is 0 Å². The molecule has 6 nitrogen and oxygen atoms in total. The molecule has 0 radical (unpaired) electrons. The van der Waals surface area contributed by atoms with Gasteiger partial charge in [0.15, 0.2) is 22.5 Å². The summed E-state index contributed by atoms with van der Waals surface area (Å²) in [5.41, 5.74) is -0.243. The van der Waals surface area contributed by atoms with Gasteiger partial charge in [-0.1, -0.05) is 30.0 Å². The highest BCUT2D eigenvalue weighted by Crippen LogP contribution is 2.21. The zero-order valence-electron chi connectivity index (χ0n) is 15.6. The molecule has 3 aromatic rings. The summed E-state index contributed by atoms with van der Waals surface area (Å²) in [6.45, 7) is 3.98. The summed E-state index contributed by atoms with van der Waals surface area (Å²) in [7, 11) is 0. The van der Waals surface area contributed by atoms with Crippen LogP contribution in [0.2, 0.25) is 0 Å². The predicted octanol–water partition coefficient (Wildman–Crippen LogP) is 4.19. The molecule has 0 saturated carbocycles. The maximum atomic E-state index is 13.7. The highest BCUT2D eigenvalue weighted by atomic mass is 32.2. The molecule has 2 aromatic carbocycles. The van der Waals surface area contributed by atoms with Crippen molar-refractivity contribution in [2.75, 3.05) is 11.1 Å². The van der Waals surface area contributed by atoms with Crippen LogP contribution in [0.15, 0.2) is 60.3 Å². The van der Waals surface area contributed by atoms with Crippen LogP contribution >= 0.6 is 11.8 Å². The summed E-state index contributed by atoms with van der Waals surface area (Å²) in [5, 5.41) is 10.8. The van der Waals surface area contributed by atoms with Gasteiger partial charge < -0.3 is 10.1 Å². The van der Waals surface area contributed by atoms with Crippen LogP contribution in [-0.2, 0) is 17.9 Å². The van der Waals surface area contributed by atoms with Crippen LogP contribution in [0.25, 0.3) is 0 Å². The quantitative estimate of drug-likeness (QED) is 0.404. The van der Waals surface area contributed by atoms with E-state index in [2.05, 4.69) is 22.1 Å². The predicted molar refractivity (Wildman–Crippen MR) is 107 cm³/mol. The van der Waals surface area contributed by atoms with Gasteiger partial charge in [0, 0.05) is 12.6 Å². The average Bonchev–Trinajstić information content (AvgIpc) is 3.10. The van der Waals surface area contributed by atoms with Gasteiger partial charge in [0.05, 0.1) is 11.4 Å². The van der Waals surface area contributed by atoms with Gasteiger partial charge in [-0.25, -0.2) is 13.2 Å². The van der Waals surface area contributed by atoms with E-state index in [1.54, 1.807) is 22.8 Å². The molecule has 0 aliphatic rings. The van der Waals surface area contributed by atoms with Crippen molar-refractivity contribution in [3.05, 3.63) is 78.4 Å². The van der Waals surface area contributed by atoms with E-state index in [1.807, 2.05) is 0 Å². The zero-order chi connectivity index (χ0) is 21.5. The van der Waals surface area contributed by atoms with Crippen molar-refractivity contribution < 1.29 is 22.7 Å². The Bertz CT molecular complexity index is 1060. The van der Waals surface area contributed by atoms with Crippen LogP contribution in [0.5, 0.6) is 5.75 Å². The first-order chi connectivity index (χ1) is 14.5. The normalized spacial score (nSPS) is 10.6. The molecule has 1 aromatic heterocycles. The maximum absolute atomic E-state index is 13.7. The van der Waals surface area contributed by atoms with E-state index in [0.29, 0.717) is 17.5 Å². The van der Waals surface area contributed by atoms with Gasteiger partial charge in [0.1, 0.15) is 18.2 Å². The number of aromatic nitrogens is 3. The van der Waals surface area contributed by atoms with Gasteiger partial charge in [-0.15, -0.1) is 16.8 Å². The van der Waals surface area contributed by atoms with Gasteiger partial charge in [0.2, 0.25) is 5.91 Å². The Morgan fingerprint density at radius 2 is 1.97 bits per heavy atom. The highest BCUT2D eigenvalue weighted by molar-refractivity contribution is 7.99. The molecule has 1 heterocycles. The van der Waals surface area contributed by atoms with E-state index in [9.17, 15) is 18.0 Å². The Labute approximate surface area is 174 Å². The lowest BCUT2D eigenvalue weighted by Crippen LogP contribution is -2.16. The van der Waals surface area contributed by atoms with Crippen LogP contribution in [-0.4, -0.2) is 26.4 Å². The first-order valence-electron chi connectivity index (χ1n) is 8.76. The summed E-state index contributed by atoms with van der Waals surface area (Å²) < 4.78 is 47.7. The molecule has 0 saturated heterocycles. The second-order valence-corrected chi connectivity index (χ2v) is 6.92. The Morgan fingerprint density at radius 1 is 1.17 bits per heavy atom. The lowest BCUT2D eigenvalue weighted by Gasteiger charge is -2.10. The topological polar surface area (TPSA) is 69.0 Å². The standard InChI is InChI=1S/C20H17F3N4O2S/c1-2-9-27-18(11-29-17-6-4-3-5-15(17)23)25-26-20(27)30-12-19(28)24-16-10-13(21)7-8-14(16)22/h2-8,10H,1,9,11-12H2,(H,24,28). The minimum Gasteiger partial charge on any atom is -0.483 e. The van der Waals surface area contributed by atoms with Crippen LogP contribution in [0.3, 0.4) is 0 Å². The SMILES string of the molecule is C=CCn1c(COc2ccccc2F)nnc1SCC(=O)Nc1cc(F)ccc1F. The van der Waals surface area contributed by atoms with Crippen molar-refractivity contribution in [2.24, 2.45) is 0 Å². The summed E-state index contributed by atoms with van der Waals surface area (Å²) >= 11 is 1.05. The Balaban J connectivity index is 1.64. The van der Waals surface area contributed by atoms with Crippen LogP contribution in [0, 0.1) is 17.5 Å². The smallest absolute Gasteiger partial charge is 0.234 e. The first kappa shape index (κ1) is 21.4. The third-order valence-corrected chi connectivity index (χ3v) is 4.80. The number of hydrogen-bond acceptors (Lipinski definition) is 5. The Kier molecular flexibility index (Phi) is 7.12. The van der Waals surface area contributed by atoms with Crippen molar-refractivity contribution in [2.45, 2.75) is 18.3 Å². The molecule has 0 atom stereocenters. The van der Waals surface area contributed by atoms with Crippen molar-refractivity contribution in [1.82, 2.24) is 14.8 Å². The molecule has 156 valence electrons. The van der Waals surface area contributed by atoms with Crippen LogP contribution < -0.4 is 10.1 Å². The number of ether oxygens (including phenoxy) is 1. The number of nitrogens with zero attached hydrogens (tertiary/aromatic N) is 3. The molecule has 1 N–H and O–H groups in total.